The van der Waals surface area contributed by atoms with Crippen LogP contribution in [0.4, 0.5) is 5.69 Å². The Labute approximate surface area is 192 Å². The smallest absolute Gasteiger partial charge is 0.253 e. The molecule has 166 valence electrons. The molecule has 5 nitrogen and oxygen atoms in total. The van der Waals surface area contributed by atoms with E-state index in [2.05, 4.69) is 6.07 Å². The Morgan fingerprint density at radius 1 is 0.879 bits per heavy atom. The van der Waals surface area contributed by atoms with Crippen LogP contribution in [0.2, 0.25) is 0 Å². The summed E-state index contributed by atoms with van der Waals surface area (Å²) in [6.07, 6.45) is -0.778. The molecule has 4 aromatic rings. The zero-order valence-corrected chi connectivity index (χ0v) is 18.2. The zero-order valence-electron chi connectivity index (χ0n) is 18.2. The van der Waals surface area contributed by atoms with Gasteiger partial charge in [-0.25, -0.2) is 0 Å². The number of piperidine rings is 1. The molecule has 0 aromatic heterocycles. The third-order valence-corrected chi connectivity index (χ3v) is 6.58. The summed E-state index contributed by atoms with van der Waals surface area (Å²) in [5, 5.41) is 23.8. The standard InChI is InChI=1S/C28H26N2O3/c29-25-8-4-5-19(17-25)20-9-10-22-16-23(12-11-21(22)15-20)27(32)30-14-13-28(33,26(31)18-30)24-6-2-1-3-7-24/h1-12,15-17,26,31,33H,13-14,18,29H2/t26-,28-/m0/s1. The van der Waals surface area contributed by atoms with Gasteiger partial charge in [-0.2, -0.15) is 0 Å². The van der Waals surface area contributed by atoms with E-state index in [4.69, 9.17) is 5.73 Å². The van der Waals surface area contributed by atoms with Crippen molar-refractivity contribution in [2.24, 2.45) is 0 Å². The van der Waals surface area contributed by atoms with Crippen molar-refractivity contribution < 1.29 is 15.0 Å². The lowest BCUT2D eigenvalue weighted by molar-refractivity contribution is -0.118. The number of carbonyl (C=O) groups is 1. The fraction of sp³-hybridized carbons (Fsp3) is 0.179. The van der Waals surface area contributed by atoms with Gasteiger partial charge in [0.15, 0.2) is 0 Å². The Hall–Kier alpha value is -3.67. The molecule has 1 amide bonds. The van der Waals surface area contributed by atoms with Crippen molar-refractivity contribution in [2.75, 3.05) is 18.8 Å². The van der Waals surface area contributed by atoms with Gasteiger partial charge in [0.25, 0.3) is 5.91 Å². The van der Waals surface area contributed by atoms with E-state index >= 15 is 0 Å². The van der Waals surface area contributed by atoms with Crippen LogP contribution in [0.25, 0.3) is 21.9 Å². The van der Waals surface area contributed by atoms with E-state index in [0.29, 0.717) is 17.7 Å². The van der Waals surface area contributed by atoms with Gasteiger partial charge in [-0.15, -0.1) is 0 Å². The van der Waals surface area contributed by atoms with Crippen molar-refractivity contribution in [1.29, 1.82) is 0 Å². The van der Waals surface area contributed by atoms with Crippen molar-refractivity contribution in [2.45, 2.75) is 18.1 Å². The number of hydrogen-bond donors (Lipinski definition) is 3. The number of nitrogens with zero attached hydrogens (tertiary/aromatic N) is 1. The molecule has 0 radical (unpaired) electrons. The van der Waals surface area contributed by atoms with Crippen LogP contribution in [0.3, 0.4) is 0 Å². The SMILES string of the molecule is Nc1cccc(-c2ccc3cc(C(=O)N4CC[C@](O)(c5ccccc5)[C@@H](O)C4)ccc3c2)c1. The van der Waals surface area contributed by atoms with Gasteiger partial charge in [0.2, 0.25) is 0 Å². The first-order chi connectivity index (χ1) is 15.9. The average Bonchev–Trinajstić information content (AvgIpc) is 2.85. The van der Waals surface area contributed by atoms with Gasteiger partial charge in [-0.3, -0.25) is 4.79 Å². The Kier molecular flexibility index (Phi) is 5.36. The highest BCUT2D eigenvalue weighted by Crippen LogP contribution is 2.34. The number of nitrogen functional groups attached to an aromatic ring is 1. The predicted molar refractivity (Wildman–Crippen MR) is 131 cm³/mol. The van der Waals surface area contributed by atoms with Crippen LogP contribution in [0.5, 0.6) is 0 Å². The second-order valence-corrected chi connectivity index (χ2v) is 8.71. The maximum absolute atomic E-state index is 13.2. The summed E-state index contributed by atoms with van der Waals surface area (Å²) in [6.45, 7) is 0.449. The molecule has 0 unspecified atom stereocenters. The minimum Gasteiger partial charge on any atom is -0.399 e. The number of aliphatic hydroxyl groups excluding tert-OH is 1. The molecule has 4 N–H and O–H groups in total. The molecule has 0 spiro atoms. The molecule has 1 aliphatic rings. The zero-order chi connectivity index (χ0) is 23.0. The van der Waals surface area contributed by atoms with Crippen molar-refractivity contribution in [3.05, 3.63) is 102 Å². The molecular formula is C28H26N2O3. The summed E-state index contributed by atoms with van der Waals surface area (Å²) >= 11 is 0. The summed E-state index contributed by atoms with van der Waals surface area (Å²) in [4.78, 5) is 14.8. The maximum atomic E-state index is 13.2. The molecule has 1 saturated heterocycles. The molecule has 1 fully saturated rings. The first-order valence-electron chi connectivity index (χ1n) is 11.1. The van der Waals surface area contributed by atoms with Gasteiger partial charge >= 0.3 is 0 Å². The molecule has 1 aliphatic heterocycles. The molecule has 2 atom stereocenters. The van der Waals surface area contributed by atoms with E-state index in [-0.39, 0.29) is 18.9 Å². The summed E-state index contributed by atoms with van der Waals surface area (Å²) in [6, 6.07) is 28.7. The molecular weight excluding hydrogens is 412 g/mol. The van der Waals surface area contributed by atoms with Gasteiger partial charge in [-0.1, -0.05) is 60.7 Å². The summed E-state index contributed by atoms with van der Waals surface area (Å²) < 4.78 is 0. The lowest BCUT2D eigenvalue weighted by atomic mass is 9.82. The number of hydrogen-bond acceptors (Lipinski definition) is 4. The quantitative estimate of drug-likeness (QED) is 0.419. The fourth-order valence-corrected chi connectivity index (χ4v) is 4.63. The van der Waals surface area contributed by atoms with Crippen molar-refractivity contribution in [3.63, 3.8) is 0 Å². The number of amides is 1. The molecule has 0 aliphatic carbocycles. The number of fused-ring (bicyclic) bond motifs is 1. The van der Waals surface area contributed by atoms with Crippen molar-refractivity contribution >= 4 is 22.4 Å². The Balaban J connectivity index is 1.36. The Bertz CT molecular complexity index is 1320. The van der Waals surface area contributed by atoms with Crippen LogP contribution in [0, 0.1) is 0 Å². The highest BCUT2D eigenvalue weighted by Gasteiger charge is 2.43. The first-order valence-corrected chi connectivity index (χ1v) is 11.1. The molecule has 4 aromatic carbocycles. The summed E-state index contributed by atoms with van der Waals surface area (Å²) in [7, 11) is 0. The number of nitrogens with two attached hydrogens (primary N) is 1. The van der Waals surface area contributed by atoms with Crippen LogP contribution in [0.15, 0.2) is 91.0 Å². The van der Waals surface area contributed by atoms with Crippen LogP contribution in [0.1, 0.15) is 22.3 Å². The monoisotopic (exact) mass is 438 g/mol. The van der Waals surface area contributed by atoms with Gasteiger partial charge in [-0.05, 0) is 57.8 Å². The number of β-amino-alcohol motifs (C(OH)–C–C–N with tert-alkyl or cyclic N) is 1. The molecule has 0 bridgehead atoms. The number of benzene rings is 4. The van der Waals surface area contributed by atoms with E-state index in [1.54, 1.807) is 4.90 Å². The number of anilines is 1. The second-order valence-electron chi connectivity index (χ2n) is 8.71. The number of rotatable bonds is 3. The number of carbonyl (C=O) groups excluding carboxylic acids is 1. The highest BCUT2D eigenvalue weighted by atomic mass is 16.3. The van der Waals surface area contributed by atoms with E-state index in [1.807, 2.05) is 84.9 Å². The van der Waals surface area contributed by atoms with Crippen LogP contribution >= 0.6 is 0 Å². The van der Waals surface area contributed by atoms with E-state index in [9.17, 15) is 15.0 Å². The maximum Gasteiger partial charge on any atom is 0.253 e. The molecule has 1 heterocycles. The minimum absolute atomic E-state index is 0.0800. The largest absolute Gasteiger partial charge is 0.399 e. The van der Waals surface area contributed by atoms with Crippen molar-refractivity contribution in [1.82, 2.24) is 4.90 Å². The number of aliphatic hydroxyl groups is 2. The third-order valence-electron chi connectivity index (χ3n) is 6.58. The highest BCUT2D eigenvalue weighted by molar-refractivity contribution is 5.99. The van der Waals surface area contributed by atoms with E-state index < -0.39 is 11.7 Å². The predicted octanol–water partition coefficient (Wildman–Crippen LogP) is 4.18. The topological polar surface area (TPSA) is 86.8 Å². The summed E-state index contributed by atoms with van der Waals surface area (Å²) in [5.74, 6) is -0.147. The van der Waals surface area contributed by atoms with Crippen LogP contribution < -0.4 is 5.73 Å². The van der Waals surface area contributed by atoms with Crippen LogP contribution in [-0.4, -0.2) is 40.2 Å². The third kappa shape index (κ3) is 3.97. The van der Waals surface area contributed by atoms with Gasteiger partial charge in [0, 0.05) is 24.2 Å². The Morgan fingerprint density at radius 3 is 2.36 bits per heavy atom. The van der Waals surface area contributed by atoms with Gasteiger partial charge < -0.3 is 20.8 Å². The average molecular weight is 439 g/mol. The minimum atomic E-state index is -1.35. The fourth-order valence-electron chi connectivity index (χ4n) is 4.63. The molecule has 33 heavy (non-hydrogen) atoms. The second kappa shape index (κ2) is 8.35. The van der Waals surface area contributed by atoms with Gasteiger partial charge in [0.1, 0.15) is 11.7 Å². The molecule has 5 heteroatoms. The molecule has 5 rings (SSSR count). The normalized spacial score (nSPS) is 20.7. The Morgan fingerprint density at radius 2 is 1.61 bits per heavy atom. The van der Waals surface area contributed by atoms with E-state index in [1.165, 1.54) is 0 Å². The lowest BCUT2D eigenvalue weighted by Crippen LogP contribution is -2.55. The first kappa shape index (κ1) is 21.2. The lowest BCUT2D eigenvalue weighted by Gasteiger charge is -2.42. The van der Waals surface area contributed by atoms with Crippen LogP contribution in [-0.2, 0) is 5.60 Å². The number of likely N-dealkylation sites (tertiary alicyclic amines) is 1. The van der Waals surface area contributed by atoms with Gasteiger partial charge in [0.05, 0.1) is 6.54 Å². The van der Waals surface area contributed by atoms with Crippen molar-refractivity contribution in [3.8, 4) is 11.1 Å². The molecule has 0 saturated carbocycles. The summed E-state index contributed by atoms with van der Waals surface area (Å²) in [5.41, 5.74) is 8.64. The van der Waals surface area contributed by atoms with E-state index in [0.717, 1.165) is 27.6 Å².